The van der Waals surface area contributed by atoms with Gasteiger partial charge in [-0.2, -0.15) is 0 Å². The number of hydrogen-bond acceptors (Lipinski definition) is 6. The SMILES string of the molecule is Cc1cc(N2C(=O)C(=O)C(=C(O)c3ccc(Cl)cc3)[C@@H]2c2ccncc2)no1. The maximum absolute atomic E-state index is 12.9. The Balaban J connectivity index is 1.93. The molecule has 8 heteroatoms. The Labute approximate surface area is 164 Å². The second-order valence-electron chi connectivity index (χ2n) is 6.25. The Morgan fingerprint density at radius 2 is 1.82 bits per heavy atom. The Morgan fingerprint density at radius 3 is 2.43 bits per heavy atom. The largest absolute Gasteiger partial charge is 0.507 e. The van der Waals surface area contributed by atoms with E-state index in [0.29, 0.717) is 21.9 Å². The topological polar surface area (TPSA) is 96.5 Å². The number of ketones is 1. The number of carbonyl (C=O) groups is 2. The van der Waals surface area contributed by atoms with Gasteiger partial charge in [-0.1, -0.05) is 16.8 Å². The minimum absolute atomic E-state index is 0.0424. The number of carbonyl (C=O) groups excluding carboxylic acids is 2. The number of pyridine rings is 1. The van der Waals surface area contributed by atoms with Crippen molar-refractivity contribution in [2.45, 2.75) is 13.0 Å². The highest BCUT2D eigenvalue weighted by atomic mass is 35.5. The molecule has 0 radical (unpaired) electrons. The van der Waals surface area contributed by atoms with E-state index in [1.54, 1.807) is 61.8 Å². The van der Waals surface area contributed by atoms with Gasteiger partial charge in [0, 0.05) is 29.0 Å². The summed E-state index contributed by atoms with van der Waals surface area (Å²) in [4.78, 5) is 30.9. The standard InChI is InChI=1S/C20H14ClN3O4/c1-11-10-15(23-28-11)24-17(12-6-8-22-9-7-12)16(19(26)20(24)27)18(25)13-2-4-14(21)5-3-13/h2-10,17,25H,1H3/t17-/m0/s1. The molecule has 28 heavy (non-hydrogen) atoms. The van der Waals surface area contributed by atoms with Gasteiger partial charge in [0.05, 0.1) is 11.6 Å². The number of Topliss-reactive ketones (excluding diaryl/α,β-unsaturated/α-hetero) is 1. The van der Waals surface area contributed by atoms with Gasteiger partial charge in [0.25, 0.3) is 5.78 Å². The van der Waals surface area contributed by atoms with Crippen molar-refractivity contribution in [2.24, 2.45) is 0 Å². The zero-order valence-electron chi connectivity index (χ0n) is 14.7. The van der Waals surface area contributed by atoms with Gasteiger partial charge in [0.1, 0.15) is 11.5 Å². The van der Waals surface area contributed by atoms with Crippen LogP contribution in [0.4, 0.5) is 5.82 Å². The Bertz CT molecular complexity index is 1090. The van der Waals surface area contributed by atoms with Gasteiger partial charge in [0.2, 0.25) is 0 Å². The highest BCUT2D eigenvalue weighted by Gasteiger charge is 2.48. The molecule has 1 saturated heterocycles. The van der Waals surface area contributed by atoms with Gasteiger partial charge in [-0.15, -0.1) is 0 Å². The van der Waals surface area contributed by atoms with Crippen molar-refractivity contribution in [3.8, 4) is 0 Å². The minimum Gasteiger partial charge on any atom is -0.507 e. The van der Waals surface area contributed by atoms with E-state index < -0.39 is 17.7 Å². The van der Waals surface area contributed by atoms with E-state index in [0.717, 1.165) is 0 Å². The molecule has 2 aromatic heterocycles. The smallest absolute Gasteiger partial charge is 0.301 e. The van der Waals surface area contributed by atoms with Crippen molar-refractivity contribution in [1.82, 2.24) is 10.1 Å². The highest BCUT2D eigenvalue weighted by Crippen LogP contribution is 2.41. The molecule has 1 amide bonds. The Hall–Kier alpha value is -3.45. The van der Waals surface area contributed by atoms with E-state index in [9.17, 15) is 14.7 Å². The first-order chi connectivity index (χ1) is 13.5. The average Bonchev–Trinajstić information content (AvgIpc) is 3.24. The summed E-state index contributed by atoms with van der Waals surface area (Å²) in [6.45, 7) is 1.68. The van der Waals surface area contributed by atoms with Gasteiger partial charge in [-0.25, -0.2) is 0 Å². The molecule has 1 aromatic carbocycles. The van der Waals surface area contributed by atoms with Crippen LogP contribution in [0.2, 0.25) is 5.02 Å². The molecule has 1 aliphatic heterocycles. The number of aromatic nitrogens is 2. The van der Waals surface area contributed by atoms with Crippen LogP contribution in [0.15, 0.2) is 65.0 Å². The van der Waals surface area contributed by atoms with E-state index in [4.69, 9.17) is 16.1 Å². The molecule has 0 unspecified atom stereocenters. The molecule has 0 spiro atoms. The van der Waals surface area contributed by atoms with Crippen LogP contribution < -0.4 is 4.90 Å². The summed E-state index contributed by atoms with van der Waals surface area (Å²) >= 11 is 5.91. The lowest BCUT2D eigenvalue weighted by Gasteiger charge is -2.22. The molecule has 1 N–H and O–H groups in total. The lowest BCUT2D eigenvalue weighted by atomic mass is 9.96. The number of hydrogen-bond donors (Lipinski definition) is 1. The summed E-state index contributed by atoms with van der Waals surface area (Å²) in [5.74, 6) is -1.22. The number of halogens is 1. The number of rotatable bonds is 3. The lowest BCUT2D eigenvalue weighted by Crippen LogP contribution is -2.29. The Morgan fingerprint density at radius 1 is 1.14 bits per heavy atom. The summed E-state index contributed by atoms with van der Waals surface area (Å²) < 4.78 is 5.08. The molecular formula is C20H14ClN3O4. The summed E-state index contributed by atoms with van der Waals surface area (Å²) in [5, 5.41) is 15.2. The monoisotopic (exact) mass is 395 g/mol. The van der Waals surface area contributed by atoms with Crippen LogP contribution in [0.1, 0.15) is 22.9 Å². The predicted octanol–water partition coefficient (Wildman–Crippen LogP) is 3.66. The second kappa shape index (κ2) is 6.94. The van der Waals surface area contributed by atoms with Crippen LogP contribution in [0, 0.1) is 6.92 Å². The zero-order valence-corrected chi connectivity index (χ0v) is 15.4. The molecule has 1 fully saturated rings. The van der Waals surface area contributed by atoms with E-state index in [2.05, 4.69) is 10.1 Å². The minimum atomic E-state index is -0.872. The number of benzene rings is 1. The fraction of sp³-hybridized carbons (Fsp3) is 0.100. The first-order valence-corrected chi connectivity index (χ1v) is 8.75. The first kappa shape index (κ1) is 17.9. The van der Waals surface area contributed by atoms with Crippen molar-refractivity contribution in [1.29, 1.82) is 0 Å². The molecule has 140 valence electrons. The van der Waals surface area contributed by atoms with Crippen molar-refractivity contribution >= 4 is 34.9 Å². The summed E-state index contributed by atoms with van der Waals surface area (Å²) in [7, 11) is 0. The molecule has 3 aromatic rings. The average molecular weight is 396 g/mol. The lowest BCUT2D eigenvalue weighted by molar-refractivity contribution is -0.132. The van der Waals surface area contributed by atoms with Crippen molar-refractivity contribution < 1.29 is 19.2 Å². The number of aryl methyl sites for hydroxylation is 1. The van der Waals surface area contributed by atoms with E-state index >= 15 is 0 Å². The van der Waals surface area contributed by atoms with Crippen LogP contribution in [-0.2, 0) is 9.59 Å². The molecule has 4 rings (SSSR count). The van der Waals surface area contributed by atoms with E-state index in [1.807, 2.05) is 0 Å². The van der Waals surface area contributed by atoms with Gasteiger partial charge < -0.3 is 9.63 Å². The molecule has 0 saturated carbocycles. The van der Waals surface area contributed by atoms with Crippen molar-refractivity contribution in [3.05, 3.63) is 82.3 Å². The fourth-order valence-corrected chi connectivity index (χ4v) is 3.29. The maximum atomic E-state index is 12.9. The molecular weight excluding hydrogens is 382 g/mol. The maximum Gasteiger partial charge on any atom is 0.301 e. The van der Waals surface area contributed by atoms with E-state index in [-0.39, 0.29) is 17.2 Å². The van der Waals surface area contributed by atoms with Crippen molar-refractivity contribution in [3.63, 3.8) is 0 Å². The number of amides is 1. The number of aliphatic hydroxyl groups is 1. The van der Waals surface area contributed by atoms with Gasteiger partial charge in [-0.05, 0) is 48.9 Å². The van der Waals surface area contributed by atoms with Crippen LogP contribution in [0.3, 0.4) is 0 Å². The second-order valence-corrected chi connectivity index (χ2v) is 6.69. The number of aliphatic hydroxyl groups excluding tert-OH is 1. The van der Waals surface area contributed by atoms with Gasteiger partial charge in [-0.3, -0.25) is 19.5 Å². The quantitative estimate of drug-likeness (QED) is 0.413. The van der Waals surface area contributed by atoms with Crippen LogP contribution >= 0.6 is 11.6 Å². The van der Waals surface area contributed by atoms with Crippen LogP contribution in [0.25, 0.3) is 5.76 Å². The number of anilines is 1. The fourth-order valence-electron chi connectivity index (χ4n) is 3.16. The Kier molecular flexibility index (Phi) is 4.44. The third-order valence-corrected chi connectivity index (χ3v) is 4.70. The molecule has 7 nitrogen and oxygen atoms in total. The van der Waals surface area contributed by atoms with Gasteiger partial charge in [0.15, 0.2) is 5.82 Å². The molecule has 1 aliphatic rings. The molecule has 3 heterocycles. The summed E-state index contributed by atoms with van der Waals surface area (Å²) in [5.41, 5.74) is 0.933. The third-order valence-electron chi connectivity index (χ3n) is 4.45. The van der Waals surface area contributed by atoms with E-state index in [1.165, 1.54) is 4.90 Å². The predicted molar refractivity (Wildman–Crippen MR) is 102 cm³/mol. The van der Waals surface area contributed by atoms with Crippen molar-refractivity contribution in [2.75, 3.05) is 4.90 Å². The molecule has 0 aliphatic carbocycles. The number of nitrogens with zero attached hydrogens (tertiary/aromatic N) is 3. The van der Waals surface area contributed by atoms with Gasteiger partial charge >= 0.3 is 5.91 Å². The summed E-state index contributed by atoms with van der Waals surface area (Å²) in [6, 6.07) is 10.4. The zero-order chi connectivity index (χ0) is 19.8. The normalized spacial score (nSPS) is 18.6. The molecule has 0 bridgehead atoms. The molecule has 1 atom stereocenters. The van der Waals surface area contributed by atoms with Crippen LogP contribution in [-0.4, -0.2) is 26.9 Å². The third kappa shape index (κ3) is 2.95. The highest BCUT2D eigenvalue weighted by molar-refractivity contribution is 6.51. The first-order valence-electron chi connectivity index (χ1n) is 8.37. The van der Waals surface area contributed by atoms with Crippen LogP contribution in [0.5, 0.6) is 0 Å². The summed E-state index contributed by atoms with van der Waals surface area (Å²) in [6.07, 6.45) is 3.09.